The van der Waals surface area contributed by atoms with Crippen molar-refractivity contribution in [1.82, 2.24) is 9.97 Å². The van der Waals surface area contributed by atoms with Crippen LogP contribution in [0.2, 0.25) is 0 Å². The fourth-order valence-electron chi connectivity index (χ4n) is 6.02. The van der Waals surface area contributed by atoms with Crippen LogP contribution in [0.15, 0.2) is 134 Å². The van der Waals surface area contributed by atoms with Crippen LogP contribution >= 0.6 is 0 Å². The summed E-state index contributed by atoms with van der Waals surface area (Å²) in [6.07, 6.45) is 3.97. The molecule has 0 amide bonds. The zero-order valence-corrected chi connectivity index (χ0v) is 20.6. The fourth-order valence-corrected chi connectivity index (χ4v) is 6.02. The minimum atomic E-state index is 0.992. The number of para-hydroxylation sites is 1. The Bertz CT molecular complexity index is 2190. The van der Waals surface area contributed by atoms with Gasteiger partial charge in [-0.25, -0.2) is 0 Å². The van der Waals surface area contributed by atoms with E-state index in [1.807, 2.05) is 12.4 Å². The number of hydrogen-bond donors (Lipinski definition) is 0. The molecule has 2 nitrogen and oxygen atoms in total. The van der Waals surface area contributed by atoms with Crippen LogP contribution in [0.5, 0.6) is 0 Å². The molecule has 0 N–H and O–H groups in total. The lowest BCUT2D eigenvalue weighted by Gasteiger charge is -2.19. The molecule has 0 saturated heterocycles. The predicted octanol–water partition coefficient (Wildman–Crippen LogP) is 9.58. The van der Waals surface area contributed by atoms with Crippen molar-refractivity contribution in [3.63, 3.8) is 0 Å². The highest BCUT2D eigenvalue weighted by Crippen LogP contribution is 2.46. The second kappa shape index (κ2) is 8.22. The minimum absolute atomic E-state index is 0.992. The van der Waals surface area contributed by atoms with Gasteiger partial charge in [-0.2, -0.15) is 0 Å². The highest BCUT2D eigenvalue weighted by atomic mass is 14.7. The zero-order chi connectivity index (χ0) is 25.1. The Morgan fingerprint density at radius 3 is 1.92 bits per heavy atom. The van der Waals surface area contributed by atoms with Crippen LogP contribution in [0.1, 0.15) is 0 Å². The summed E-state index contributed by atoms with van der Waals surface area (Å²) in [7, 11) is 0. The lowest BCUT2D eigenvalue weighted by molar-refractivity contribution is 1.37. The van der Waals surface area contributed by atoms with Crippen LogP contribution in [-0.2, 0) is 0 Å². The van der Waals surface area contributed by atoms with E-state index < -0.39 is 0 Å². The van der Waals surface area contributed by atoms with Crippen molar-refractivity contribution in [2.45, 2.75) is 0 Å². The highest BCUT2D eigenvalue weighted by molar-refractivity contribution is 6.28. The van der Waals surface area contributed by atoms with Gasteiger partial charge < -0.3 is 0 Å². The molecule has 0 saturated carbocycles. The van der Waals surface area contributed by atoms with E-state index in [2.05, 4.69) is 121 Å². The summed E-state index contributed by atoms with van der Waals surface area (Å²) in [5.74, 6) is 0. The molecule has 0 unspecified atom stereocenters. The van der Waals surface area contributed by atoms with E-state index in [0.717, 1.165) is 32.9 Å². The Labute approximate surface area is 219 Å². The van der Waals surface area contributed by atoms with Gasteiger partial charge in [-0.1, -0.05) is 103 Å². The average molecular weight is 483 g/mol. The smallest absolute Gasteiger partial charge is 0.0793 e. The quantitative estimate of drug-likeness (QED) is 0.181. The largest absolute Gasteiger partial charge is 0.256 e. The minimum Gasteiger partial charge on any atom is -0.256 e. The molecule has 0 fully saturated rings. The maximum atomic E-state index is 4.97. The van der Waals surface area contributed by atoms with Crippen molar-refractivity contribution in [1.29, 1.82) is 0 Å². The van der Waals surface area contributed by atoms with Gasteiger partial charge in [0.2, 0.25) is 0 Å². The molecule has 0 bridgehead atoms. The van der Waals surface area contributed by atoms with Crippen LogP contribution in [0.3, 0.4) is 0 Å². The molecule has 0 atom stereocenters. The van der Waals surface area contributed by atoms with E-state index in [4.69, 9.17) is 9.97 Å². The summed E-state index contributed by atoms with van der Waals surface area (Å²) in [5, 5.41) is 10.7. The molecule has 6 aromatic carbocycles. The monoisotopic (exact) mass is 482 g/mol. The number of nitrogens with zero attached hydrogens (tertiary/aromatic N) is 2. The molecule has 0 aliphatic carbocycles. The Morgan fingerprint density at radius 2 is 1.08 bits per heavy atom. The zero-order valence-electron chi connectivity index (χ0n) is 20.6. The molecule has 0 spiro atoms. The van der Waals surface area contributed by atoms with Crippen molar-refractivity contribution in [2.75, 3.05) is 0 Å². The Morgan fingerprint density at radius 1 is 0.421 bits per heavy atom. The number of pyridine rings is 2. The van der Waals surface area contributed by atoms with Crippen molar-refractivity contribution in [2.24, 2.45) is 0 Å². The topological polar surface area (TPSA) is 25.8 Å². The molecule has 2 heterocycles. The van der Waals surface area contributed by atoms with Gasteiger partial charge in [0.25, 0.3) is 0 Å². The normalized spacial score (nSPS) is 11.7. The standard InChI is InChI=1S/C36H22N2/c1-2-11-25-21-26(18-17-23(25)9-1)33-28-13-5-6-14-29(28)35(36-27-12-4-3-10-24(27)19-20-37-36)31-22-38-32-16-8-7-15-30(32)34(31)33/h1-22H. The maximum absolute atomic E-state index is 4.97. The number of rotatable bonds is 2. The molecule has 38 heavy (non-hydrogen) atoms. The first-order valence-corrected chi connectivity index (χ1v) is 12.9. The summed E-state index contributed by atoms with van der Waals surface area (Å²) in [6.45, 7) is 0. The van der Waals surface area contributed by atoms with Gasteiger partial charge in [0, 0.05) is 39.5 Å². The molecule has 2 heteroatoms. The predicted molar refractivity (Wildman–Crippen MR) is 160 cm³/mol. The first-order valence-electron chi connectivity index (χ1n) is 12.9. The Balaban J connectivity index is 1.62. The van der Waals surface area contributed by atoms with Gasteiger partial charge in [0.15, 0.2) is 0 Å². The number of benzene rings is 6. The van der Waals surface area contributed by atoms with Crippen LogP contribution < -0.4 is 0 Å². The summed E-state index contributed by atoms with van der Waals surface area (Å²) >= 11 is 0. The highest BCUT2D eigenvalue weighted by Gasteiger charge is 2.21. The Kier molecular flexibility index (Phi) is 4.55. The van der Waals surface area contributed by atoms with Crippen molar-refractivity contribution < 1.29 is 0 Å². The van der Waals surface area contributed by atoms with E-state index in [9.17, 15) is 0 Å². The summed E-state index contributed by atoms with van der Waals surface area (Å²) in [5.41, 5.74) is 5.57. The van der Waals surface area contributed by atoms with Gasteiger partial charge in [-0.15, -0.1) is 0 Å². The third-order valence-corrected chi connectivity index (χ3v) is 7.71. The van der Waals surface area contributed by atoms with Gasteiger partial charge in [0.1, 0.15) is 0 Å². The van der Waals surface area contributed by atoms with Crippen molar-refractivity contribution in [3.05, 3.63) is 134 Å². The fraction of sp³-hybridized carbons (Fsp3) is 0. The van der Waals surface area contributed by atoms with Gasteiger partial charge in [-0.05, 0) is 56.3 Å². The summed E-state index contributed by atoms with van der Waals surface area (Å²) < 4.78 is 0. The van der Waals surface area contributed by atoms with Gasteiger partial charge in [-0.3, -0.25) is 9.97 Å². The number of fused-ring (bicyclic) bond motifs is 6. The summed E-state index contributed by atoms with van der Waals surface area (Å²) in [4.78, 5) is 9.91. The average Bonchev–Trinajstić information content (AvgIpc) is 2.99. The van der Waals surface area contributed by atoms with Gasteiger partial charge >= 0.3 is 0 Å². The van der Waals surface area contributed by atoms with E-state index in [0.29, 0.717) is 0 Å². The van der Waals surface area contributed by atoms with E-state index in [-0.39, 0.29) is 0 Å². The molecule has 0 aliphatic heterocycles. The second-order valence-corrected chi connectivity index (χ2v) is 9.80. The van der Waals surface area contributed by atoms with Crippen molar-refractivity contribution >= 4 is 54.0 Å². The maximum Gasteiger partial charge on any atom is 0.0793 e. The molecule has 0 radical (unpaired) electrons. The first-order chi connectivity index (χ1) is 18.9. The van der Waals surface area contributed by atoms with E-state index >= 15 is 0 Å². The van der Waals surface area contributed by atoms with Crippen LogP contribution in [0, 0.1) is 0 Å². The SMILES string of the molecule is c1ccc2cc(-c3c4ccccc4c(-c4nccc5ccccc45)c4cnc5ccccc5c34)ccc2c1. The third kappa shape index (κ3) is 3.07. The molecule has 176 valence electrons. The molecular weight excluding hydrogens is 460 g/mol. The summed E-state index contributed by atoms with van der Waals surface area (Å²) in [6, 6.07) is 43.2. The van der Waals surface area contributed by atoms with Crippen molar-refractivity contribution in [3.8, 4) is 22.4 Å². The van der Waals surface area contributed by atoms with Crippen LogP contribution in [-0.4, -0.2) is 9.97 Å². The Hall–Kier alpha value is -5.08. The number of hydrogen-bond acceptors (Lipinski definition) is 2. The third-order valence-electron chi connectivity index (χ3n) is 7.71. The van der Waals surface area contributed by atoms with Crippen LogP contribution in [0.25, 0.3) is 76.4 Å². The van der Waals surface area contributed by atoms with Crippen LogP contribution in [0.4, 0.5) is 0 Å². The van der Waals surface area contributed by atoms with E-state index in [1.165, 1.54) is 43.4 Å². The van der Waals surface area contributed by atoms with E-state index in [1.54, 1.807) is 0 Å². The lowest BCUT2D eigenvalue weighted by Crippen LogP contribution is -1.95. The number of aromatic nitrogens is 2. The first kappa shape index (κ1) is 21.0. The molecular formula is C36H22N2. The molecule has 2 aromatic heterocycles. The lowest BCUT2D eigenvalue weighted by atomic mass is 9.85. The molecule has 8 aromatic rings. The molecule has 0 aliphatic rings. The molecule has 8 rings (SSSR count). The van der Waals surface area contributed by atoms with Gasteiger partial charge in [0.05, 0.1) is 11.2 Å². The second-order valence-electron chi connectivity index (χ2n) is 9.80.